The van der Waals surface area contributed by atoms with Crippen LogP contribution < -0.4 is 20.4 Å². The summed E-state index contributed by atoms with van der Waals surface area (Å²) in [7, 11) is 0. The Hall–Kier alpha value is -2.47. The molecule has 0 spiro atoms. The minimum atomic E-state index is -0.914. The molecule has 0 bridgehead atoms. The van der Waals surface area contributed by atoms with Crippen molar-refractivity contribution in [3.05, 3.63) is 48.6 Å². The third-order valence-corrected chi connectivity index (χ3v) is 14.6. The molecule has 0 aliphatic rings. The van der Waals surface area contributed by atoms with E-state index >= 15 is 0 Å². The topological polar surface area (TPSA) is 161 Å². The Morgan fingerprint density at radius 3 is 0.432 bits per heavy atom. The number of carbonyl (C=O) groups is 4. The van der Waals surface area contributed by atoms with Gasteiger partial charge >= 0.3 is 21.1 Å². The third kappa shape index (κ3) is 103. The van der Waals surface area contributed by atoms with E-state index in [-0.39, 0.29) is 46.7 Å². The fourth-order valence-electron chi connectivity index (χ4n) is 9.36. The molecule has 0 aromatic heterocycles. The van der Waals surface area contributed by atoms with Gasteiger partial charge in [-0.2, -0.15) is 0 Å². The zero-order chi connectivity index (χ0) is 59.6. The summed E-state index contributed by atoms with van der Waals surface area (Å²) in [5, 5.41) is 40.9. The molecule has 0 fully saturated rings. The normalized spacial score (nSPS) is 11.1. The van der Waals surface area contributed by atoms with Gasteiger partial charge in [0, 0.05) is 23.9 Å². The van der Waals surface area contributed by atoms with Gasteiger partial charge in [0.1, 0.15) is 0 Å². The van der Waals surface area contributed by atoms with Crippen LogP contribution in [0, 0.1) is 0 Å². The van der Waals surface area contributed by atoms with Crippen molar-refractivity contribution in [1.82, 2.24) is 0 Å². The number of allylic oxidation sites excluding steroid dienone is 8. The van der Waals surface area contributed by atoms with Crippen LogP contribution >= 0.6 is 0 Å². The molecule has 0 radical (unpaired) electrons. The van der Waals surface area contributed by atoms with Crippen LogP contribution in [0.2, 0.25) is 0 Å². The maximum atomic E-state index is 10.2. The van der Waals surface area contributed by atoms with Crippen LogP contribution in [0.4, 0.5) is 0 Å². The fourth-order valence-corrected chi connectivity index (χ4v) is 9.36. The SMILES string of the molecule is CCCCCCCC/C=C\CCCCCCCC(=O)[O-].CCCCCCCC/C=C\CCCCCCCC(=O)[O-].CCCCCCCC/C=C\CCCCCCCC(=O)[O-].CCCCCCCC/C=C\CCCCCCCC(=O)[O-].[Mo+4]. The number of rotatable bonds is 60. The second-order valence-corrected chi connectivity index (χ2v) is 22.8. The van der Waals surface area contributed by atoms with Crippen molar-refractivity contribution in [2.24, 2.45) is 0 Å². The number of unbranched alkanes of at least 4 members (excludes halogenated alkanes) is 44. The van der Waals surface area contributed by atoms with Crippen molar-refractivity contribution >= 4 is 23.9 Å². The Labute approximate surface area is 517 Å². The number of hydrogen-bond acceptors (Lipinski definition) is 8. The van der Waals surface area contributed by atoms with Crippen molar-refractivity contribution in [3.63, 3.8) is 0 Å². The maximum absolute atomic E-state index is 10.2. The summed E-state index contributed by atoms with van der Waals surface area (Å²) in [6, 6.07) is 0. The standard InChI is InChI=1S/4C18H34O2.Mo/c4*1-2-3-4-5-6-7-8-9-10-11-12-13-14-15-16-17-18(19)20;/h4*9-10H,2-8,11-17H2,1H3,(H,19,20);/q;;;;+4/p-4/b4*10-9-;. The van der Waals surface area contributed by atoms with E-state index in [4.69, 9.17) is 0 Å². The van der Waals surface area contributed by atoms with Gasteiger partial charge in [-0.1, -0.05) is 282 Å². The third-order valence-electron chi connectivity index (χ3n) is 14.6. The maximum Gasteiger partial charge on any atom is 4.00 e. The van der Waals surface area contributed by atoms with E-state index in [1.165, 1.54) is 257 Å². The molecule has 474 valence electrons. The quantitative estimate of drug-likeness (QED) is 0.0330. The minimum absolute atomic E-state index is 0. The van der Waals surface area contributed by atoms with Crippen molar-refractivity contribution in [2.45, 2.75) is 387 Å². The average molecular weight is 1220 g/mol. The van der Waals surface area contributed by atoms with Crippen LogP contribution in [0.5, 0.6) is 0 Å². The summed E-state index contributed by atoms with van der Waals surface area (Å²) in [5.41, 5.74) is 0. The zero-order valence-electron chi connectivity index (χ0n) is 53.9. The Kier molecular flexibility index (Phi) is 90.5. The molecule has 0 N–H and O–H groups in total. The Morgan fingerprint density at radius 2 is 0.309 bits per heavy atom. The molecule has 0 saturated carbocycles. The predicted molar refractivity (Wildman–Crippen MR) is 338 cm³/mol. The molecule has 0 atom stereocenters. The van der Waals surface area contributed by atoms with Gasteiger partial charge in [-0.05, 0) is 154 Å². The summed E-state index contributed by atoms with van der Waals surface area (Å²) in [6.07, 6.45) is 83.6. The van der Waals surface area contributed by atoms with Gasteiger partial charge in [-0.25, -0.2) is 0 Å². The van der Waals surface area contributed by atoms with Gasteiger partial charge < -0.3 is 39.6 Å². The van der Waals surface area contributed by atoms with Crippen LogP contribution in [-0.4, -0.2) is 23.9 Å². The van der Waals surface area contributed by atoms with Crippen molar-refractivity contribution < 1.29 is 60.7 Å². The summed E-state index contributed by atoms with van der Waals surface area (Å²) in [4.78, 5) is 40.9. The summed E-state index contributed by atoms with van der Waals surface area (Å²) < 4.78 is 0. The second kappa shape index (κ2) is 84.0. The molecule has 0 aliphatic heterocycles. The van der Waals surface area contributed by atoms with Gasteiger partial charge in [-0.3, -0.25) is 0 Å². The van der Waals surface area contributed by atoms with E-state index in [0.717, 1.165) is 77.0 Å². The Balaban J connectivity index is -0.000000316. The van der Waals surface area contributed by atoms with Crippen molar-refractivity contribution in [2.75, 3.05) is 0 Å². The van der Waals surface area contributed by atoms with Crippen LogP contribution in [-0.2, 0) is 40.2 Å². The minimum Gasteiger partial charge on any atom is -0.550 e. The Morgan fingerprint density at radius 1 is 0.198 bits per heavy atom. The van der Waals surface area contributed by atoms with Crippen LogP contribution in [0.25, 0.3) is 0 Å². The van der Waals surface area contributed by atoms with E-state index < -0.39 is 23.9 Å². The van der Waals surface area contributed by atoms with E-state index in [1.807, 2.05) is 0 Å². The van der Waals surface area contributed by atoms with Gasteiger partial charge in [0.05, 0.1) is 0 Å². The zero-order valence-corrected chi connectivity index (χ0v) is 55.9. The molecule has 0 aliphatic carbocycles. The van der Waals surface area contributed by atoms with Crippen LogP contribution in [0.15, 0.2) is 48.6 Å². The molecule has 9 heteroatoms. The van der Waals surface area contributed by atoms with Gasteiger partial charge in [-0.15, -0.1) is 0 Å². The molecule has 81 heavy (non-hydrogen) atoms. The fraction of sp³-hybridized carbons (Fsp3) is 0.833. The monoisotopic (exact) mass is 1220 g/mol. The number of carboxylic acids is 4. The molecule has 0 saturated heterocycles. The molecule has 0 unspecified atom stereocenters. The first-order valence-electron chi connectivity index (χ1n) is 34.5. The van der Waals surface area contributed by atoms with Gasteiger partial charge in [0.25, 0.3) is 0 Å². The van der Waals surface area contributed by atoms with E-state index in [0.29, 0.717) is 0 Å². The largest absolute Gasteiger partial charge is 4.00 e. The molecule has 0 rings (SSSR count). The van der Waals surface area contributed by atoms with E-state index in [9.17, 15) is 39.6 Å². The molecular weight excluding hydrogens is 1090 g/mol. The smallest absolute Gasteiger partial charge is 0.550 e. The first-order valence-corrected chi connectivity index (χ1v) is 34.5. The average Bonchev–Trinajstić information content (AvgIpc) is 3.43. The molecule has 0 heterocycles. The summed E-state index contributed by atoms with van der Waals surface area (Å²) in [6.45, 7) is 9.02. The van der Waals surface area contributed by atoms with Crippen molar-refractivity contribution in [3.8, 4) is 0 Å². The summed E-state index contributed by atoms with van der Waals surface area (Å²) in [5.74, 6) is -3.66. The second-order valence-electron chi connectivity index (χ2n) is 22.8. The van der Waals surface area contributed by atoms with Gasteiger partial charge in [0.15, 0.2) is 0 Å². The van der Waals surface area contributed by atoms with Crippen LogP contribution in [0.3, 0.4) is 0 Å². The first-order chi connectivity index (χ1) is 39.1. The predicted octanol–water partition coefficient (Wildman–Crippen LogP) is 19.1. The number of carboxylic acid groups (broad SMARTS) is 4. The van der Waals surface area contributed by atoms with E-state index in [1.54, 1.807) is 0 Å². The molecule has 0 aromatic carbocycles. The molecule has 0 aromatic rings. The molecular formula is C72H132MoO8. The van der Waals surface area contributed by atoms with Crippen molar-refractivity contribution in [1.29, 1.82) is 0 Å². The first kappa shape index (κ1) is 87.3. The number of hydrogen-bond donors (Lipinski definition) is 0. The number of aliphatic carboxylic acids is 4. The van der Waals surface area contributed by atoms with Gasteiger partial charge in [0.2, 0.25) is 0 Å². The molecule has 8 nitrogen and oxygen atoms in total. The molecule has 0 amide bonds. The Bertz CT molecular complexity index is 1140. The van der Waals surface area contributed by atoms with Crippen LogP contribution in [0.1, 0.15) is 387 Å². The van der Waals surface area contributed by atoms with E-state index in [2.05, 4.69) is 76.3 Å². The number of carbonyl (C=O) groups excluding carboxylic acids is 4. The summed E-state index contributed by atoms with van der Waals surface area (Å²) >= 11 is 0.